The topological polar surface area (TPSA) is 71.3 Å². The van der Waals surface area contributed by atoms with Gasteiger partial charge in [-0.3, -0.25) is 10.1 Å². The largest absolute Gasteiger partial charge is 0.359 e. The van der Waals surface area contributed by atoms with Crippen LogP contribution in [-0.4, -0.2) is 36.6 Å². The van der Waals surface area contributed by atoms with E-state index >= 15 is 0 Å². The number of rotatable bonds is 4. The Morgan fingerprint density at radius 3 is 2.79 bits per heavy atom. The van der Waals surface area contributed by atoms with Crippen LogP contribution < -0.4 is 10.2 Å². The molecule has 1 saturated heterocycles. The fourth-order valence-corrected chi connectivity index (χ4v) is 2.59. The minimum atomic E-state index is -0.406. The summed E-state index contributed by atoms with van der Waals surface area (Å²) in [6, 6.07) is 1.58. The zero-order valence-corrected chi connectivity index (χ0v) is 11.4. The maximum Gasteiger partial charge on any atom is 0.287 e. The third-order valence-corrected chi connectivity index (χ3v) is 3.60. The Balaban J connectivity index is 2.05. The zero-order valence-electron chi connectivity index (χ0n) is 11.4. The van der Waals surface area contributed by atoms with Crippen molar-refractivity contribution >= 4 is 11.5 Å². The van der Waals surface area contributed by atoms with Gasteiger partial charge in [0.05, 0.1) is 4.92 Å². The number of hydrogen-bond donors (Lipinski definition) is 1. The second-order valence-corrected chi connectivity index (χ2v) is 5.17. The Hall–Kier alpha value is -1.69. The summed E-state index contributed by atoms with van der Waals surface area (Å²) in [5.74, 6) is 1.51. The first-order valence-corrected chi connectivity index (χ1v) is 6.61. The van der Waals surface area contributed by atoms with Crippen LogP contribution in [-0.2, 0) is 0 Å². The summed E-state index contributed by atoms with van der Waals surface area (Å²) in [4.78, 5) is 16.6. The number of pyridine rings is 1. The summed E-state index contributed by atoms with van der Waals surface area (Å²) >= 11 is 0. The lowest BCUT2D eigenvalue weighted by Gasteiger charge is -2.28. The zero-order chi connectivity index (χ0) is 13.8. The van der Waals surface area contributed by atoms with Crippen molar-refractivity contribution in [3.05, 3.63) is 27.9 Å². The minimum Gasteiger partial charge on any atom is -0.359 e. The molecule has 104 valence electrons. The molecule has 1 fully saturated rings. The smallest absolute Gasteiger partial charge is 0.287 e. The molecule has 1 aliphatic rings. The van der Waals surface area contributed by atoms with Gasteiger partial charge in [-0.1, -0.05) is 0 Å². The molecule has 1 N–H and O–H groups in total. The van der Waals surface area contributed by atoms with Gasteiger partial charge in [-0.05, 0) is 44.3 Å². The van der Waals surface area contributed by atoms with Crippen LogP contribution in [0.25, 0.3) is 0 Å². The number of nitrogens with one attached hydrogen (secondary N) is 1. The molecule has 19 heavy (non-hydrogen) atoms. The third-order valence-electron chi connectivity index (χ3n) is 3.60. The number of anilines is 1. The van der Waals surface area contributed by atoms with Gasteiger partial charge in [-0.25, -0.2) is 4.98 Å². The normalized spacial score (nSPS) is 16.3. The van der Waals surface area contributed by atoms with Crippen molar-refractivity contribution in [1.82, 2.24) is 10.3 Å². The van der Waals surface area contributed by atoms with Crippen LogP contribution in [0, 0.1) is 23.0 Å². The lowest BCUT2D eigenvalue weighted by molar-refractivity contribution is -0.385. The van der Waals surface area contributed by atoms with E-state index in [0.29, 0.717) is 5.92 Å². The second-order valence-electron chi connectivity index (χ2n) is 5.17. The molecule has 0 aliphatic carbocycles. The maximum atomic E-state index is 10.7. The lowest BCUT2D eigenvalue weighted by Crippen LogP contribution is -2.35. The van der Waals surface area contributed by atoms with Crippen LogP contribution in [0.4, 0.5) is 11.5 Å². The molecule has 1 aromatic rings. The number of hydrogen-bond acceptors (Lipinski definition) is 5. The van der Waals surface area contributed by atoms with Gasteiger partial charge >= 0.3 is 0 Å². The summed E-state index contributed by atoms with van der Waals surface area (Å²) in [5.41, 5.74) is 0.905. The van der Waals surface area contributed by atoms with E-state index in [-0.39, 0.29) is 5.69 Å². The van der Waals surface area contributed by atoms with Crippen molar-refractivity contribution in [1.29, 1.82) is 0 Å². The molecular weight excluding hydrogens is 244 g/mol. The van der Waals surface area contributed by atoms with Crippen molar-refractivity contribution in [2.24, 2.45) is 5.92 Å². The molecule has 0 radical (unpaired) electrons. The van der Waals surface area contributed by atoms with E-state index in [1.807, 2.05) is 14.0 Å². The molecule has 6 heteroatoms. The highest BCUT2D eigenvalue weighted by Crippen LogP contribution is 2.22. The fraction of sp³-hybridized carbons (Fsp3) is 0.615. The Bertz CT molecular complexity index is 458. The molecule has 1 aliphatic heterocycles. The highest BCUT2D eigenvalue weighted by atomic mass is 16.6. The number of aromatic nitrogens is 1. The van der Waals surface area contributed by atoms with Gasteiger partial charge in [0, 0.05) is 19.7 Å². The second kappa shape index (κ2) is 5.97. The van der Waals surface area contributed by atoms with E-state index in [2.05, 4.69) is 15.2 Å². The molecule has 0 amide bonds. The molecule has 2 heterocycles. The van der Waals surface area contributed by atoms with E-state index in [0.717, 1.165) is 31.0 Å². The first kappa shape index (κ1) is 13.7. The molecule has 0 saturated carbocycles. The van der Waals surface area contributed by atoms with Crippen LogP contribution in [0.1, 0.15) is 18.4 Å². The predicted octanol–water partition coefficient (Wildman–Crippen LogP) is 1.73. The highest BCUT2D eigenvalue weighted by molar-refractivity contribution is 5.49. The number of piperidine rings is 1. The molecule has 0 atom stereocenters. The minimum absolute atomic E-state index is 0.0523. The Morgan fingerprint density at radius 2 is 2.21 bits per heavy atom. The van der Waals surface area contributed by atoms with E-state index < -0.39 is 4.92 Å². The number of aryl methyl sites for hydroxylation is 1. The van der Waals surface area contributed by atoms with E-state index in [9.17, 15) is 10.1 Å². The Kier molecular flexibility index (Phi) is 4.31. The van der Waals surface area contributed by atoms with Gasteiger partial charge in [-0.15, -0.1) is 0 Å². The van der Waals surface area contributed by atoms with Crippen molar-refractivity contribution < 1.29 is 4.92 Å². The van der Waals surface area contributed by atoms with Gasteiger partial charge in [0.25, 0.3) is 5.69 Å². The summed E-state index contributed by atoms with van der Waals surface area (Å²) < 4.78 is 0. The van der Waals surface area contributed by atoms with Crippen LogP contribution >= 0.6 is 0 Å². The van der Waals surface area contributed by atoms with Gasteiger partial charge in [0.1, 0.15) is 12.0 Å². The number of nitrogens with zero attached hydrogens (tertiary/aromatic N) is 3. The van der Waals surface area contributed by atoms with Crippen LogP contribution in [0.2, 0.25) is 0 Å². The first-order chi connectivity index (χ1) is 9.08. The van der Waals surface area contributed by atoms with Crippen molar-refractivity contribution in [3.63, 3.8) is 0 Å². The highest BCUT2D eigenvalue weighted by Gasteiger charge is 2.18. The summed E-state index contributed by atoms with van der Waals surface area (Å²) in [7, 11) is 2.00. The van der Waals surface area contributed by atoms with Gasteiger partial charge in [-0.2, -0.15) is 0 Å². The van der Waals surface area contributed by atoms with E-state index in [4.69, 9.17) is 0 Å². The van der Waals surface area contributed by atoms with Crippen LogP contribution in [0.15, 0.2) is 12.3 Å². The van der Waals surface area contributed by atoms with Crippen molar-refractivity contribution in [2.75, 3.05) is 31.6 Å². The van der Waals surface area contributed by atoms with Gasteiger partial charge in [0.2, 0.25) is 0 Å². The Morgan fingerprint density at radius 1 is 1.53 bits per heavy atom. The summed E-state index contributed by atoms with van der Waals surface area (Å²) in [6.45, 7) is 4.97. The molecule has 1 aromatic heterocycles. The van der Waals surface area contributed by atoms with Crippen LogP contribution in [0.5, 0.6) is 0 Å². The average molecular weight is 264 g/mol. The standard InChI is InChI=1S/C13H20N4O2/c1-10-7-12(17(18)19)8-15-13(10)16(2)9-11-3-5-14-6-4-11/h7-8,11,14H,3-6,9H2,1-2H3. The molecule has 0 aromatic carbocycles. The fourth-order valence-electron chi connectivity index (χ4n) is 2.59. The molecule has 6 nitrogen and oxygen atoms in total. The molecule has 0 spiro atoms. The monoisotopic (exact) mass is 264 g/mol. The van der Waals surface area contributed by atoms with Crippen molar-refractivity contribution in [3.8, 4) is 0 Å². The third kappa shape index (κ3) is 3.41. The molecule has 2 rings (SSSR count). The maximum absolute atomic E-state index is 10.7. The quantitative estimate of drug-likeness (QED) is 0.662. The number of nitro groups is 1. The Labute approximate surface area is 113 Å². The molecule has 0 unspecified atom stereocenters. The lowest BCUT2D eigenvalue weighted by atomic mass is 9.97. The predicted molar refractivity (Wildman–Crippen MR) is 74.5 cm³/mol. The molecule has 0 bridgehead atoms. The summed E-state index contributed by atoms with van der Waals surface area (Å²) in [5, 5.41) is 14.0. The first-order valence-electron chi connectivity index (χ1n) is 6.61. The summed E-state index contributed by atoms with van der Waals surface area (Å²) in [6.07, 6.45) is 3.69. The van der Waals surface area contributed by atoms with Crippen molar-refractivity contribution in [2.45, 2.75) is 19.8 Å². The van der Waals surface area contributed by atoms with Gasteiger partial charge in [0.15, 0.2) is 0 Å². The average Bonchev–Trinajstić information content (AvgIpc) is 2.39. The van der Waals surface area contributed by atoms with E-state index in [1.54, 1.807) is 6.07 Å². The van der Waals surface area contributed by atoms with Crippen LogP contribution in [0.3, 0.4) is 0 Å². The van der Waals surface area contributed by atoms with E-state index in [1.165, 1.54) is 19.0 Å². The SMILES string of the molecule is Cc1cc([N+](=O)[O-])cnc1N(C)CC1CCNCC1. The van der Waals surface area contributed by atoms with Gasteiger partial charge < -0.3 is 10.2 Å². The molecular formula is C13H20N4O2.